The molecule has 17 heavy (non-hydrogen) atoms. The maximum Gasteiger partial charge on any atom is 0.300 e. The number of benzene rings is 1. The third kappa shape index (κ3) is 20.7. The van der Waals surface area contributed by atoms with Crippen molar-refractivity contribution in [2.75, 3.05) is 19.6 Å². The van der Waals surface area contributed by atoms with E-state index >= 15 is 0 Å². The van der Waals surface area contributed by atoms with Gasteiger partial charge in [-0.2, -0.15) is 0 Å². The molecule has 0 atom stereocenters. The molecule has 0 saturated heterocycles. The SMILES string of the molecule is CC(=O)O.CCN(CC)CC.c1ccccc1. The molecular formula is C14H25NO2. The van der Waals surface area contributed by atoms with Crippen molar-refractivity contribution in [3.05, 3.63) is 36.4 Å². The van der Waals surface area contributed by atoms with Gasteiger partial charge in [0, 0.05) is 6.92 Å². The normalized spacial score (nSPS) is 8.53. The quantitative estimate of drug-likeness (QED) is 0.881. The van der Waals surface area contributed by atoms with Crippen LogP contribution in [0, 0.1) is 0 Å². The van der Waals surface area contributed by atoms with Crippen LogP contribution < -0.4 is 0 Å². The largest absolute Gasteiger partial charge is 0.481 e. The van der Waals surface area contributed by atoms with Gasteiger partial charge in [0.2, 0.25) is 0 Å². The van der Waals surface area contributed by atoms with Gasteiger partial charge in [0.1, 0.15) is 0 Å². The Bertz CT molecular complexity index is 209. The average molecular weight is 239 g/mol. The molecule has 0 fully saturated rings. The number of carboxylic acid groups (broad SMARTS) is 1. The molecule has 1 aromatic rings. The molecule has 3 heteroatoms. The summed E-state index contributed by atoms with van der Waals surface area (Å²) in [6, 6.07) is 12.0. The van der Waals surface area contributed by atoms with E-state index in [1.165, 1.54) is 19.6 Å². The van der Waals surface area contributed by atoms with Crippen molar-refractivity contribution >= 4 is 5.97 Å². The van der Waals surface area contributed by atoms with Gasteiger partial charge in [0.05, 0.1) is 0 Å². The van der Waals surface area contributed by atoms with Gasteiger partial charge in [-0.05, 0) is 19.6 Å². The lowest BCUT2D eigenvalue weighted by Gasteiger charge is -2.13. The molecule has 3 nitrogen and oxygen atoms in total. The van der Waals surface area contributed by atoms with Gasteiger partial charge in [0.25, 0.3) is 5.97 Å². The number of aliphatic carboxylic acids is 1. The number of rotatable bonds is 3. The molecule has 0 spiro atoms. The molecule has 0 unspecified atom stereocenters. The minimum absolute atomic E-state index is 0.833. The van der Waals surface area contributed by atoms with Crippen LogP contribution in [0.3, 0.4) is 0 Å². The Kier molecular flexibility index (Phi) is 15.5. The minimum atomic E-state index is -0.833. The molecule has 0 saturated carbocycles. The van der Waals surface area contributed by atoms with Crippen LogP contribution in [-0.2, 0) is 4.79 Å². The van der Waals surface area contributed by atoms with Crippen molar-refractivity contribution < 1.29 is 9.90 Å². The van der Waals surface area contributed by atoms with Gasteiger partial charge in [-0.25, -0.2) is 0 Å². The molecule has 0 radical (unpaired) electrons. The van der Waals surface area contributed by atoms with Crippen molar-refractivity contribution in [2.45, 2.75) is 27.7 Å². The second-order valence-corrected chi connectivity index (χ2v) is 3.29. The molecule has 1 rings (SSSR count). The first kappa shape index (κ1) is 18.0. The Morgan fingerprint density at radius 3 is 1.12 bits per heavy atom. The highest BCUT2D eigenvalue weighted by Gasteiger charge is 1.89. The lowest BCUT2D eigenvalue weighted by atomic mass is 10.4. The number of carbonyl (C=O) groups is 1. The standard InChI is InChI=1S/C6H15N.C6H6.C2H4O2/c1-4-7(5-2)6-3;1-2-4-6-5-3-1;1-2(3)4/h4-6H2,1-3H3;1-6H;1H3,(H,3,4). The number of carboxylic acids is 1. The molecule has 0 aliphatic rings. The fourth-order valence-corrected chi connectivity index (χ4v) is 1.06. The van der Waals surface area contributed by atoms with E-state index in [9.17, 15) is 0 Å². The number of hydrogen-bond donors (Lipinski definition) is 1. The maximum atomic E-state index is 9.00. The van der Waals surface area contributed by atoms with Gasteiger partial charge in [-0.1, -0.05) is 57.2 Å². The van der Waals surface area contributed by atoms with Crippen molar-refractivity contribution in [2.24, 2.45) is 0 Å². The van der Waals surface area contributed by atoms with Gasteiger partial charge < -0.3 is 10.0 Å². The second kappa shape index (κ2) is 14.6. The van der Waals surface area contributed by atoms with Gasteiger partial charge in [-0.3, -0.25) is 4.79 Å². The number of hydrogen-bond acceptors (Lipinski definition) is 2. The van der Waals surface area contributed by atoms with Crippen molar-refractivity contribution in [1.29, 1.82) is 0 Å². The summed E-state index contributed by atoms with van der Waals surface area (Å²) in [6.07, 6.45) is 0. The minimum Gasteiger partial charge on any atom is -0.481 e. The molecule has 1 aromatic carbocycles. The van der Waals surface area contributed by atoms with Crippen LogP contribution in [0.5, 0.6) is 0 Å². The molecular weight excluding hydrogens is 214 g/mol. The molecule has 98 valence electrons. The second-order valence-electron chi connectivity index (χ2n) is 3.29. The molecule has 0 aliphatic heterocycles. The summed E-state index contributed by atoms with van der Waals surface area (Å²) in [5, 5.41) is 7.42. The smallest absolute Gasteiger partial charge is 0.300 e. The van der Waals surface area contributed by atoms with E-state index in [1.54, 1.807) is 0 Å². The van der Waals surface area contributed by atoms with Crippen LogP contribution in [0.25, 0.3) is 0 Å². The van der Waals surface area contributed by atoms with E-state index in [0.717, 1.165) is 6.92 Å². The molecule has 0 amide bonds. The van der Waals surface area contributed by atoms with Crippen LogP contribution in [0.1, 0.15) is 27.7 Å². The third-order valence-corrected chi connectivity index (χ3v) is 2.01. The third-order valence-electron chi connectivity index (χ3n) is 2.01. The first-order chi connectivity index (χ1) is 8.08. The highest BCUT2D eigenvalue weighted by atomic mass is 16.4. The summed E-state index contributed by atoms with van der Waals surface area (Å²) in [4.78, 5) is 11.4. The van der Waals surface area contributed by atoms with E-state index < -0.39 is 5.97 Å². The highest BCUT2D eigenvalue weighted by Crippen LogP contribution is 1.81. The lowest BCUT2D eigenvalue weighted by molar-refractivity contribution is -0.134. The van der Waals surface area contributed by atoms with E-state index in [4.69, 9.17) is 9.90 Å². The van der Waals surface area contributed by atoms with Gasteiger partial charge in [0.15, 0.2) is 0 Å². The van der Waals surface area contributed by atoms with Gasteiger partial charge >= 0.3 is 0 Å². The summed E-state index contributed by atoms with van der Waals surface area (Å²) in [5.41, 5.74) is 0. The zero-order valence-corrected chi connectivity index (χ0v) is 11.4. The fourth-order valence-electron chi connectivity index (χ4n) is 1.06. The van der Waals surface area contributed by atoms with Crippen LogP contribution >= 0.6 is 0 Å². The molecule has 0 aliphatic carbocycles. The zero-order valence-electron chi connectivity index (χ0n) is 11.4. The summed E-state index contributed by atoms with van der Waals surface area (Å²) in [5.74, 6) is -0.833. The molecule has 0 aromatic heterocycles. The highest BCUT2D eigenvalue weighted by molar-refractivity contribution is 5.62. The summed E-state index contributed by atoms with van der Waals surface area (Å²) >= 11 is 0. The Labute approximate surface area is 105 Å². The zero-order chi connectivity index (χ0) is 13.5. The summed E-state index contributed by atoms with van der Waals surface area (Å²) in [7, 11) is 0. The van der Waals surface area contributed by atoms with E-state index in [1.807, 2.05) is 36.4 Å². The van der Waals surface area contributed by atoms with Crippen molar-refractivity contribution in [1.82, 2.24) is 4.90 Å². The maximum absolute atomic E-state index is 9.00. The summed E-state index contributed by atoms with van der Waals surface area (Å²) in [6.45, 7) is 11.2. The van der Waals surface area contributed by atoms with Crippen LogP contribution in [0.15, 0.2) is 36.4 Å². The first-order valence-electron chi connectivity index (χ1n) is 6.00. The Hall–Kier alpha value is -1.35. The topological polar surface area (TPSA) is 40.5 Å². The Balaban J connectivity index is 0. The fraction of sp³-hybridized carbons (Fsp3) is 0.500. The van der Waals surface area contributed by atoms with Crippen LogP contribution in [0.4, 0.5) is 0 Å². The van der Waals surface area contributed by atoms with Crippen LogP contribution in [-0.4, -0.2) is 35.6 Å². The van der Waals surface area contributed by atoms with E-state index in [2.05, 4.69) is 25.7 Å². The van der Waals surface area contributed by atoms with Crippen molar-refractivity contribution in [3.8, 4) is 0 Å². The first-order valence-corrected chi connectivity index (χ1v) is 6.00. The van der Waals surface area contributed by atoms with E-state index in [0.29, 0.717) is 0 Å². The average Bonchev–Trinajstić information content (AvgIpc) is 2.34. The molecule has 1 N–H and O–H groups in total. The molecule has 0 bridgehead atoms. The molecule has 0 heterocycles. The predicted molar refractivity (Wildman–Crippen MR) is 73.2 cm³/mol. The number of nitrogens with zero attached hydrogens (tertiary/aromatic N) is 1. The van der Waals surface area contributed by atoms with Gasteiger partial charge in [-0.15, -0.1) is 0 Å². The monoisotopic (exact) mass is 239 g/mol. The predicted octanol–water partition coefficient (Wildman–Crippen LogP) is 3.13. The van der Waals surface area contributed by atoms with Crippen molar-refractivity contribution in [3.63, 3.8) is 0 Å². The van der Waals surface area contributed by atoms with E-state index in [-0.39, 0.29) is 0 Å². The Morgan fingerprint density at radius 1 is 0.882 bits per heavy atom. The summed E-state index contributed by atoms with van der Waals surface area (Å²) < 4.78 is 0. The Morgan fingerprint density at radius 2 is 1.06 bits per heavy atom. The lowest BCUT2D eigenvalue weighted by Crippen LogP contribution is -2.21. The van der Waals surface area contributed by atoms with Crippen LogP contribution in [0.2, 0.25) is 0 Å².